The number of amides is 2. The van der Waals surface area contributed by atoms with E-state index in [9.17, 15) is 14.4 Å². The van der Waals surface area contributed by atoms with Crippen LogP contribution in [0.4, 0.5) is 10.5 Å². The van der Waals surface area contributed by atoms with Crippen molar-refractivity contribution in [2.24, 2.45) is 0 Å². The Morgan fingerprint density at radius 3 is 2.62 bits per heavy atom. The fourth-order valence-corrected chi connectivity index (χ4v) is 1.63. The van der Waals surface area contributed by atoms with E-state index in [4.69, 9.17) is 4.74 Å². The number of benzene rings is 1. The predicted molar refractivity (Wildman–Crippen MR) is 79.3 cm³/mol. The molecule has 0 aliphatic heterocycles. The Hall–Kier alpha value is -2.37. The quantitative estimate of drug-likeness (QED) is 0.645. The molecule has 0 spiro atoms. The van der Waals surface area contributed by atoms with E-state index >= 15 is 0 Å². The number of ketones is 1. The average molecular weight is 292 g/mol. The molecular weight excluding hydrogens is 272 g/mol. The molecule has 0 heterocycles. The van der Waals surface area contributed by atoms with Gasteiger partial charge in [-0.3, -0.25) is 9.59 Å². The number of nitrogens with zero attached hydrogens (tertiary/aromatic N) is 1. The Kier molecular flexibility index (Phi) is 6.39. The smallest absolute Gasteiger partial charge is 0.321 e. The van der Waals surface area contributed by atoms with Crippen molar-refractivity contribution in [1.29, 1.82) is 0 Å². The summed E-state index contributed by atoms with van der Waals surface area (Å²) in [4.78, 5) is 35.8. The molecular formula is C15H20N2O4. The highest BCUT2D eigenvalue weighted by atomic mass is 16.5. The van der Waals surface area contributed by atoms with Gasteiger partial charge in [-0.05, 0) is 26.0 Å². The Morgan fingerprint density at radius 2 is 2.00 bits per heavy atom. The highest BCUT2D eigenvalue weighted by Crippen LogP contribution is 2.11. The van der Waals surface area contributed by atoms with Gasteiger partial charge in [0.2, 0.25) is 0 Å². The van der Waals surface area contributed by atoms with Gasteiger partial charge in [0.15, 0.2) is 5.78 Å². The zero-order chi connectivity index (χ0) is 15.8. The summed E-state index contributed by atoms with van der Waals surface area (Å²) in [6.45, 7) is 3.78. The Balaban J connectivity index is 2.54. The summed E-state index contributed by atoms with van der Waals surface area (Å²) in [5.41, 5.74) is 1.07. The van der Waals surface area contributed by atoms with Crippen molar-refractivity contribution in [3.63, 3.8) is 0 Å². The van der Waals surface area contributed by atoms with E-state index in [1.54, 1.807) is 38.2 Å². The summed E-state index contributed by atoms with van der Waals surface area (Å²) in [6, 6.07) is 6.34. The van der Waals surface area contributed by atoms with Crippen LogP contribution in [0, 0.1) is 0 Å². The molecule has 0 aliphatic rings. The molecule has 2 amide bonds. The van der Waals surface area contributed by atoms with Gasteiger partial charge in [0.1, 0.15) is 0 Å². The van der Waals surface area contributed by atoms with Crippen LogP contribution in [0.5, 0.6) is 0 Å². The second kappa shape index (κ2) is 8.04. The summed E-state index contributed by atoms with van der Waals surface area (Å²) in [6.07, 6.45) is 0.144. The third-order valence-corrected chi connectivity index (χ3v) is 2.82. The third kappa shape index (κ3) is 5.64. The molecule has 6 nitrogen and oxygen atoms in total. The van der Waals surface area contributed by atoms with Crippen LogP contribution in [0.1, 0.15) is 30.6 Å². The molecule has 1 aromatic rings. The SMILES string of the molecule is CCOC(=O)CCN(C)C(=O)Nc1cccc(C(C)=O)c1. The van der Waals surface area contributed by atoms with Crippen LogP contribution < -0.4 is 5.32 Å². The van der Waals surface area contributed by atoms with Crippen LogP contribution in [0.25, 0.3) is 0 Å². The number of anilines is 1. The van der Waals surface area contributed by atoms with Crippen molar-refractivity contribution in [2.75, 3.05) is 25.5 Å². The summed E-state index contributed by atoms with van der Waals surface area (Å²) in [5.74, 6) is -0.405. The van der Waals surface area contributed by atoms with E-state index in [0.717, 1.165) is 0 Å². The highest BCUT2D eigenvalue weighted by Gasteiger charge is 2.11. The van der Waals surface area contributed by atoms with E-state index in [0.29, 0.717) is 17.9 Å². The van der Waals surface area contributed by atoms with Crippen LogP contribution in [-0.4, -0.2) is 42.9 Å². The van der Waals surface area contributed by atoms with Crippen LogP contribution in [-0.2, 0) is 9.53 Å². The Morgan fingerprint density at radius 1 is 1.29 bits per heavy atom. The molecule has 114 valence electrons. The Labute approximate surface area is 124 Å². The fraction of sp³-hybridized carbons (Fsp3) is 0.400. The van der Waals surface area contributed by atoms with Gasteiger partial charge in [0.25, 0.3) is 0 Å². The molecule has 0 unspecified atom stereocenters. The number of ether oxygens (including phenoxy) is 1. The lowest BCUT2D eigenvalue weighted by Gasteiger charge is -2.17. The minimum absolute atomic E-state index is 0.0678. The molecule has 0 saturated heterocycles. The van der Waals surface area contributed by atoms with Crippen molar-refractivity contribution in [3.05, 3.63) is 29.8 Å². The first kappa shape index (κ1) is 16.7. The van der Waals surface area contributed by atoms with Crippen molar-refractivity contribution in [2.45, 2.75) is 20.3 Å². The number of nitrogens with one attached hydrogen (secondary N) is 1. The average Bonchev–Trinajstić information content (AvgIpc) is 2.45. The maximum Gasteiger partial charge on any atom is 0.321 e. The number of hydrogen-bond acceptors (Lipinski definition) is 4. The summed E-state index contributed by atoms with van der Waals surface area (Å²) in [5, 5.41) is 2.68. The third-order valence-electron chi connectivity index (χ3n) is 2.82. The molecule has 0 radical (unpaired) electrons. The van der Waals surface area contributed by atoms with Gasteiger partial charge >= 0.3 is 12.0 Å². The first-order valence-electron chi connectivity index (χ1n) is 6.72. The van der Waals surface area contributed by atoms with Crippen LogP contribution in [0.2, 0.25) is 0 Å². The van der Waals surface area contributed by atoms with E-state index in [2.05, 4.69) is 5.32 Å². The van der Waals surface area contributed by atoms with Crippen molar-refractivity contribution < 1.29 is 19.1 Å². The van der Waals surface area contributed by atoms with Crippen molar-refractivity contribution >= 4 is 23.5 Å². The van der Waals surface area contributed by atoms with E-state index in [1.807, 2.05) is 0 Å². The number of hydrogen-bond donors (Lipinski definition) is 1. The maximum absolute atomic E-state index is 11.9. The monoisotopic (exact) mass is 292 g/mol. The first-order valence-corrected chi connectivity index (χ1v) is 6.72. The van der Waals surface area contributed by atoms with Crippen LogP contribution in [0.3, 0.4) is 0 Å². The van der Waals surface area contributed by atoms with Gasteiger partial charge in [-0.15, -0.1) is 0 Å². The summed E-state index contributed by atoms with van der Waals surface area (Å²) < 4.78 is 4.80. The lowest BCUT2D eigenvalue weighted by Crippen LogP contribution is -2.33. The second-order valence-electron chi connectivity index (χ2n) is 4.54. The van der Waals surface area contributed by atoms with Crippen molar-refractivity contribution in [3.8, 4) is 0 Å². The normalized spacial score (nSPS) is 9.86. The van der Waals surface area contributed by atoms with Crippen LogP contribution in [0.15, 0.2) is 24.3 Å². The lowest BCUT2D eigenvalue weighted by atomic mass is 10.1. The first-order chi connectivity index (χ1) is 9.93. The minimum Gasteiger partial charge on any atom is -0.466 e. The van der Waals surface area contributed by atoms with Gasteiger partial charge in [-0.1, -0.05) is 12.1 Å². The summed E-state index contributed by atoms with van der Waals surface area (Å²) >= 11 is 0. The minimum atomic E-state index is -0.347. The van der Waals surface area contributed by atoms with Gasteiger partial charge in [-0.25, -0.2) is 4.79 Å². The molecule has 0 bridgehead atoms. The number of urea groups is 1. The fourth-order valence-electron chi connectivity index (χ4n) is 1.63. The summed E-state index contributed by atoms with van der Waals surface area (Å²) in [7, 11) is 1.59. The Bertz CT molecular complexity index is 528. The van der Waals surface area contributed by atoms with Gasteiger partial charge in [0.05, 0.1) is 13.0 Å². The number of carbonyl (C=O) groups excluding carboxylic acids is 3. The van der Waals surface area contributed by atoms with Gasteiger partial charge < -0.3 is 15.0 Å². The molecule has 0 atom stereocenters. The molecule has 1 N–H and O–H groups in total. The number of carbonyl (C=O) groups is 3. The topological polar surface area (TPSA) is 75.7 Å². The molecule has 21 heavy (non-hydrogen) atoms. The molecule has 0 fully saturated rings. The highest BCUT2D eigenvalue weighted by molar-refractivity contribution is 5.96. The predicted octanol–water partition coefficient (Wildman–Crippen LogP) is 2.31. The zero-order valence-electron chi connectivity index (χ0n) is 12.5. The molecule has 0 saturated carbocycles. The van der Waals surface area contributed by atoms with Gasteiger partial charge in [0, 0.05) is 24.8 Å². The number of rotatable bonds is 6. The molecule has 1 aromatic carbocycles. The van der Waals surface area contributed by atoms with Crippen molar-refractivity contribution in [1.82, 2.24) is 4.90 Å². The lowest BCUT2D eigenvalue weighted by molar-refractivity contribution is -0.143. The number of esters is 1. The van der Waals surface area contributed by atoms with E-state index < -0.39 is 0 Å². The standard InChI is InChI=1S/C15H20N2O4/c1-4-21-14(19)8-9-17(3)15(20)16-13-7-5-6-12(10-13)11(2)18/h5-7,10H,4,8-9H2,1-3H3,(H,16,20). The largest absolute Gasteiger partial charge is 0.466 e. The van der Waals surface area contributed by atoms with E-state index in [1.165, 1.54) is 11.8 Å². The second-order valence-corrected chi connectivity index (χ2v) is 4.54. The molecule has 0 aromatic heterocycles. The van der Waals surface area contributed by atoms with E-state index in [-0.39, 0.29) is 30.7 Å². The van der Waals surface area contributed by atoms with Gasteiger partial charge in [-0.2, -0.15) is 0 Å². The molecule has 6 heteroatoms. The van der Waals surface area contributed by atoms with Crippen LogP contribution >= 0.6 is 0 Å². The maximum atomic E-state index is 11.9. The molecule has 0 aliphatic carbocycles. The zero-order valence-corrected chi connectivity index (χ0v) is 12.5. The number of Topliss-reactive ketones (excluding diaryl/α,β-unsaturated/α-hetero) is 1. The molecule has 1 rings (SSSR count).